The van der Waals surface area contributed by atoms with E-state index in [4.69, 9.17) is 19.4 Å². The number of nitrogens with zero attached hydrogens (tertiary/aromatic N) is 4. The molecule has 0 unspecified atom stereocenters. The van der Waals surface area contributed by atoms with Crippen molar-refractivity contribution < 1.29 is 4.42 Å². The fourth-order valence-corrected chi connectivity index (χ4v) is 7.93. The molecule has 0 radical (unpaired) electrons. The number of furan rings is 1. The fourth-order valence-electron chi connectivity index (χ4n) is 7.93. The van der Waals surface area contributed by atoms with Crippen LogP contribution in [-0.2, 0) is 0 Å². The lowest BCUT2D eigenvalue weighted by atomic mass is 9.91. The molecule has 0 amide bonds. The number of pyridine rings is 1. The first-order chi connectivity index (χ1) is 27.2. The summed E-state index contributed by atoms with van der Waals surface area (Å²) >= 11 is 0. The van der Waals surface area contributed by atoms with Gasteiger partial charge in [-0.1, -0.05) is 121 Å². The topological polar surface area (TPSA) is 64.7 Å². The first kappa shape index (κ1) is 31.1. The van der Waals surface area contributed by atoms with Gasteiger partial charge in [0.25, 0.3) is 0 Å². The Morgan fingerprint density at radius 3 is 1.51 bits per heavy atom. The smallest absolute Gasteiger partial charge is 0.164 e. The maximum atomic E-state index is 6.28. The van der Waals surface area contributed by atoms with Crippen LogP contribution in [0.2, 0.25) is 0 Å². The number of hydrogen-bond donors (Lipinski definition) is 0. The van der Waals surface area contributed by atoms with Crippen molar-refractivity contribution in [2.45, 2.75) is 0 Å². The number of hydrogen-bond acceptors (Lipinski definition) is 5. The van der Waals surface area contributed by atoms with Crippen LogP contribution in [0.1, 0.15) is 0 Å². The molecule has 5 nitrogen and oxygen atoms in total. The van der Waals surface area contributed by atoms with Gasteiger partial charge in [0.2, 0.25) is 0 Å². The van der Waals surface area contributed by atoms with Crippen LogP contribution in [0.3, 0.4) is 0 Å². The van der Waals surface area contributed by atoms with Gasteiger partial charge in [0, 0.05) is 45.4 Å². The van der Waals surface area contributed by atoms with Gasteiger partial charge < -0.3 is 4.42 Å². The second-order valence-electron chi connectivity index (χ2n) is 13.9. The summed E-state index contributed by atoms with van der Waals surface area (Å²) in [5.41, 5.74) is 8.48. The van der Waals surface area contributed by atoms with Gasteiger partial charge in [0.05, 0.1) is 0 Å². The molecule has 0 atom stereocenters. The molecule has 0 saturated carbocycles. The Bertz CT molecular complexity index is 3230. The largest absolute Gasteiger partial charge is 0.456 e. The van der Waals surface area contributed by atoms with Crippen molar-refractivity contribution in [2.24, 2.45) is 0 Å². The van der Waals surface area contributed by atoms with Gasteiger partial charge in [-0.15, -0.1) is 0 Å². The zero-order chi connectivity index (χ0) is 36.3. The summed E-state index contributed by atoms with van der Waals surface area (Å²) in [5.74, 6) is 1.75. The second-order valence-corrected chi connectivity index (χ2v) is 13.9. The standard InChI is InChI=1S/C50H30N4O/c1-2-11-31(12-3-1)48-52-49(33-21-23-44-43-18-8-9-19-46(43)55-47(44)29-33)54-50(53-48)37-26-35(25-36(27-37)34-13-10-24-51-30-34)32-20-22-42-40-16-5-4-14-38(40)39-15-6-7-17-41(39)45(42)28-32/h1-30H. The molecule has 0 N–H and O–H groups in total. The number of fused-ring (bicyclic) bond motifs is 9. The lowest BCUT2D eigenvalue weighted by molar-refractivity contribution is 0.669. The first-order valence-electron chi connectivity index (χ1n) is 18.4. The molecule has 0 spiro atoms. The van der Waals surface area contributed by atoms with Crippen LogP contribution in [0.4, 0.5) is 0 Å². The SMILES string of the molecule is c1ccc(-c2nc(-c3cc(-c4cccnc4)cc(-c4ccc5c6ccccc6c6ccccc6c5c4)c3)nc(-c3ccc4c(c3)oc3ccccc34)n2)cc1. The Morgan fingerprint density at radius 1 is 0.291 bits per heavy atom. The molecule has 0 aliphatic heterocycles. The average Bonchev–Trinajstić information content (AvgIpc) is 3.65. The highest BCUT2D eigenvalue weighted by Crippen LogP contribution is 2.39. The van der Waals surface area contributed by atoms with Gasteiger partial charge in [0.1, 0.15) is 11.2 Å². The van der Waals surface area contributed by atoms with Crippen molar-refractivity contribution in [2.75, 3.05) is 0 Å². The quantitative estimate of drug-likeness (QED) is 0.167. The highest BCUT2D eigenvalue weighted by Gasteiger charge is 2.17. The van der Waals surface area contributed by atoms with Crippen LogP contribution < -0.4 is 0 Å². The summed E-state index contributed by atoms with van der Waals surface area (Å²) in [6.07, 6.45) is 3.70. The van der Waals surface area contributed by atoms with Crippen molar-refractivity contribution in [3.05, 3.63) is 182 Å². The van der Waals surface area contributed by atoms with E-state index in [-0.39, 0.29) is 0 Å². The molecule has 11 aromatic rings. The van der Waals surface area contributed by atoms with E-state index in [0.717, 1.165) is 60.9 Å². The molecular formula is C50H30N4O. The molecule has 0 fully saturated rings. The maximum Gasteiger partial charge on any atom is 0.164 e. The minimum Gasteiger partial charge on any atom is -0.456 e. The summed E-state index contributed by atoms with van der Waals surface area (Å²) in [7, 11) is 0. The Labute approximate surface area is 316 Å². The third-order valence-electron chi connectivity index (χ3n) is 10.6. The molecule has 11 rings (SSSR count). The van der Waals surface area contributed by atoms with Crippen LogP contribution in [-0.4, -0.2) is 19.9 Å². The number of aromatic nitrogens is 4. The molecule has 3 heterocycles. The Morgan fingerprint density at radius 2 is 0.800 bits per heavy atom. The third kappa shape index (κ3) is 5.33. The Hall–Kier alpha value is -7.50. The summed E-state index contributed by atoms with van der Waals surface area (Å²) < 4.78 is 6.28. The zero-order valence-corrected chi connectivity index (χ0v) is 29.5. The van der Waals surface area contributed by atoms with Crippen molar-refractivity contribution >= 4 is 54.3 Å². The van der Waals surface area contributed by atoms with Crippen molar-refractivity contribution in [1.29, 1.82) is 0 Å². The predicted molar refractivity (Wildman–Crippen MR) is 225 cm³/mol. The predicted octanol–water partition coefficient (Wildman–Crippen LogP) is 13.0. The molecule has 256 valence electrons. The minimum atomic E-state index is 0.573. The lowest BCUT2D eigenvalue weighted by Gasteiger charge is -2.14. The molecule has 8 aromatic carbocycles. The molecule has 0 aliphatic rings. The van der Waals surface area contributed by atoms with Gasteiger partial charge in [0.15, 0.2) is 17.5 Å². The third-order valence-corrected chi connectivity index (χ3v) is 10.6. The van der Waals surface area contributed by atoms with Gasteiger partial charge >= 0.3 is 0 Å². The highest BCUT2D eigenvalue weighted by atomic mass is 16.3. The number of benzene rings is 8. The van der Waals surface area contributed by atoms with E-state index >= 15 is 0 Å². The van der Waals surface area contributed by atoms with Crippen LogP contribution >= 0.6 is 0 Å². The van der Waals surface area contributed by atoms with Gasteiger partial charge in [-0.2, -0.15) is 0 Å². The van der Waals surface area contributed by atoms with Crippen molar-refractivity contribution in [3.63, 3.8) is 0 Å². The van der Waals surface area contributed by atoms with Crippen LogP contribution in [0, 0.1) is 0 Å². The van der Waals surface area contributed by atoms with E-state index in [1.807, 2.05) is 66.9 Å². The van der Waals surface area contributed by atoms with E-state index in [1.54, 1.807) is 6.20 Å². The zero-order valence-electron chi connectivity index (χ0n) is 29.5. The molecule has 0 bridgehead atoms. The second kappa shape index (κ2) is 12.6. The summed E-state index contributed by atoms with van der Waals surface area (Å²) in [6, 6.07) is 59.2. The van der Waals surface area contributed by atoms with Crippen molar-refractivity contribution in [3.8, 4) is 56.4 Å². The van der Waals surface area contributed by atoms with Crippen LogP contribution in [0.5, 0.6) is 0 Å². The van der Waals surface area contributed by atoms with E-state index in [9.17, 15) is 0 Å². The molecule has 3 aromatic heterocycles. The van der Waals surface area contributed by atoms with Gasteiger partial charge in [-0.25, -0.2) is 15.0 Å². The molecule has 0 saturated heterocycles. The van der Waals surface area contributed by atoms with Gasteiger partial charge in [-0.05, 0) is 97.5 Å². The minimum absolute atomic E-state index is 0.573. The van der Waals surface area contributed by atoms with E-state index in [1.165, 1.54) is 32.3 Å². The van der Waals surface area contributed by atoms with Crippen LogP contribution in [0.25, 0.3) is 111 Å². The van der Waals surface area contributed by atoms with Crippen molar-refractivity contribution in [1.82, 2.24) is 19.9 Å². The summed E-state index contributed by atoms with van der Waals surface area (Å²) in [4.78, 5) is 19.8. The monoisotopic (exact) mass is 702 g/mol. The first-order valence-corrected chi connectivity index (χ1v) is 18.4. The normalized spacial score (nSPS) is 11.6. The summed E-state index contributed by atoms with van der Waals surface area (Å²) in [5, 5.41) is 9.59. The molecular weight excluding hydrogens is 673 g/mol. The van der Waals surface area contributed by atoms with Gasteiger partial charge in [-0.3, -0.25) is 4.98 Å². The van der Waals surface area contributed by atoms with E-state index < -0.39 is 0 Å². The lowest BCUT2D eigenvalue weighted by Crippen LogP contribution is -2.00. The molecule has 5 heteroatoms. The molecule has 55 heavy (non-hydrogen) atoms. The van der Waals surface area contributed by atoms with E-state index in [2.05, 4.69) is 114 Å². The Kier molecular flexibility index (Phi) is 7.10. The fraction of sp³-hybridized carbons (Fsp3) is 0. The average molecular weight is 703 g/mol. The number of para-hydroxylation sites is 1. The van der Waals surface area contributed by atoms with Crippen LogP contribution in [0.15, 0.2) is 187 Å². The Balaban J connectivity index is 1.13. The highest BCUT2D eigenvalue weighted by molar-refractivity contribution is 6.25. The van der Waals surface area contributed by atoms with E-state index in [0.29, 0.717) is 17.5 Å². The molecule has 0 aliphatic carbocycles. The summed E-state index contributed by atoms with van der Waals surface area (Å²) in [6.45, 7) is 0. The maximum absolute atomic E-state index is 6.28. The number of rotatable bonds is 5.